The SMILES string of the molecule is Cl.O=C(O)CC(O)(CC(=O)O)C(=O)O.[NaH].[NaH]. The third-order valence-corrected chi connectivity index (χ3v) is 1.29. The molecule has 7 nitrogen and oxygen atoms in total. The van der Waals surface area contributed by atoms with Gasteiger partial charge in [0.25, 0.3) is 0 Å². The predicted octanol–water partition coefficient (Wildman–Crippen LogP) is -2.12. The number of carboxylic acid groups (broad SMARTS) is 3. The van der Waals surface area contributed by atoms with Crippen LogP contribution in [0.3, 0.4) is 0 Å². The molecule has 0 saturated heterocycles. The molecule has 0 unspecified atom stereocenters. The van der Waals surface area contributed by atoms with Crippen LogP contribution in [0.5, 0.6) is 0 Å². The zero-order valence-electron chi connectivity index (χ0n) is 6.84. The van der Waals surface area contributed by atoms with Crippen LogP contribution in [0.1, 0.15) is 12.8 Å². The van der Waals surface area contributed by atoms with Crippen molar-refractivity contribution in [2.45, 2.75) is 18.4 Å². The Morgan fingerprint density at radius 1 is 0.875 bits per heavy atom. The number of aliphatic carboxylic acids is 3. The average molecular weight is 277 g/mol. The Morgan fingerprint density at radius 2 is 1.12 bits per heavy atom. The molecular weight excluding hydrogens is 265 g/mol. The van der Waals surface area contributed by atoms with E-state index in [1.54, 1.807) is 0 Å². The summed E-state index contributed by atoms with van der Waals surface area (Å²) in [5, 5.41) is 33.8. The van der Waals surface area contributed by atoms with Gasteiger partial charge in [-0.2, -0.15) is 0 Å². The van der Waals surface area contributed by atoms with E-state index in [4.69, 9.17) is 20.4 Å². The van der Waals surface area contributed by atoms with Crippen LogP contribution in [0.15, 0.2) is 0 Å². The van der Waals surface area contributed by atoms with Crippen LogP contribution in [0.4, 0.5) is 0 Å². The summed E-state index contributed by atoms with van der Waals surface area (Å²) >= 11 is 0. The fourth-order valence-electron chi connectivity index (χ4n) is 0.714. The van der Waals surface area contributed by atoms with Gasteiger partial charge in [-0.05, 0) is 0 Å². The number of rotatable bonds is 5. The van der Waals surface area contributed by atoms with E-state index in [9.17, 15) is 14.4 Å². The normalized spacial score (nSPS) is 8.81. The molecule has 0 aliphatic heterocycles. The van der Waals surface area contributed by atoms with Crippen LogP contribution < -0.4 is 0 Å². The first-order chi connectivity index (χ1) is 5.78. The molecule has 0 fully saturated rings. The van der Waals surface area contributed by atoms with Gasteiger partial charge in [0.15, 0.2) is 5.60 Å². The van der Waals surface area contributed by atoms with Crippen molar-refractivity contribution in [3.8, 4) is 0 Å². The van der Waals surface area contributed by atoms with Gasteiger partial charge in [0.05, 0.1) is 12.8 Å². The quantitative estimate of drug-likeness (QED) is 0.422. The molecule has 0 saturated carbocycles. The Hall–Kier alpha value is 0.660. The molecule has 0 spiro atoms. The summed E-state index contributed by atoms with van der Waals surface area (Å²) in [6, 6.07) is 0. The molecule has 0 aliphatic carbocycles. The number of carbonyl (C=O) groups is 3. The first kappa shape index (κ1) is 25.5. The summed E-state index contributed by atoms with van der Waals surface area (Å²) in [5.41, 5.74) is -2.74. The minimum absolute atomic E-state index is 0. The van der Waals surface area contributed by atoms with E-state index in [1.807, 2.05) is 0 Å². The monoisotopic (exact) mass is 276 g/mol. The molecule has 86 valence electrons. The molecular formula is C6H11ClNa2O7. The molecule has 0 radical (unpaired) electrons. The first-order valence-corrected chi connectivity index (χ1v) is 3.17. The van der Waals surface area contributed by atoms with Crippen LogP contribution in [0, 0.1) is 0 Å². The van der Waals surface area contributed by atoms with Gasteiger partial charge in [-0.15, -0.1) is 12.4 Å². The second-order valence-corrected chi connectivity index (χ2v) is 2.48. The molecule has 0 aromatic rings. The molecule has 0 aromatic heterocycles. The van der Waals surface area contributed by atoms with E-state index < -0.39 is 36.4 Å². The number of hydrogen-bond donors (Lipinski definition) is 4. The van der Waals surface area contributed by atoms with Gasteiger partial charge >= 0.3 is 77.0 Å². The van der Waals surface area contributed by atoms with Crippen molar-refractivity contribution in [3.05, 3.63) is 0 Å². The second kappa shape index (κ2) is 10.8. The van der Waals surface area contributed by atoms with Crippen molar-refractivity contribution in [2.75, 3.05) is 0 Å². The molecule has 0 rings (SSSR count). The Labute approximate surface area is 141 Å². The topological polar surface area (TPSA) is 132 Å². The van der Waals surface area contributed by atoms with Crippen LogP contribution in [-0.4, -0.2) is 103 Å². The summed E-state index contributed by atoms with van der Waals surface area (Å²) in [5.74, 6) is -5.02. The van der Waals surface area contributed by atoms with Crippen LogP contribution >= 0.6 is 12.4 Å². The molecule has 0 atom stereocenters. The zero-order valence-corrected chi connectivity index (χ0v) is 7.65. The molecule has 4 N–H and O–H groups in total. The summed E-state index contributed by atoms with van der Waals surface area (Å²) in [7, 11) is 0. The van der Waals surface area contributed by atoms with Crippen molar-refractivity contribution in [1.82, 2.24) is 0 Å². The predicted molar refractivity (Wildman–Crippen MR) is 58.6 cm³/mol. The summed E-state index contributed by atoms with van der Waals surface area (Å²) in [4.78, 5) is 30.5. The van der Waals surface area contributed by atoms with E-state index >= 15 is 0 Å². The van der Waals surface area contributed by atoms with Crippen LogP contribution in [0.2, 0.25) is 0 Å². The van der Waals surface area contributed by atoms with Gasteiger partial charge in [0, 0.05) is 0 Å². The van der Waals surface area contributed by atoms with E-state index in [0.717, 1.165) is 0 Å². The third kappa shape index (κ3) is 9.86. The Kier molecular flexibility index (Phi) is 17.2. The van der Waals surface area contributed by atoms with E-state index in [-0.39, 0.29) is 71.5 Å². The van der Waals surface area contributed by atoms with Gasteiger partial charge in [0.1, 0.15) is 0 Å². The summed E-state index contributed by atoms with van der Waals surface area (Å²) < 4.78 is 0. The van der Waals surface area contributed by atoms with Crippen LogP contribution in [0.25, 0.3) is 0 Å². The minimum atomic E-state index is -2.74. The van der Waals surface area contributed by atoms with Crippen molar-refractivity contribution < 1.29 is 34.8 Å². The van der Waals surface area contributed by atoms with Gasteiger partial charge in [0.2, 0.25) is 0 Å². The standard InChI is InChI=1S/C6H8O7.ClH.2Na.2H/c7-3(8)1-6(13,5(11)12)2-4(9)10;;;;;/h13H,1-2H2,(H,7,8)(H,9,10)(H,11,12);1H;;;;. The summed E-state index contributed by atoms with van der Waals surface area (Å²) in [6.07, 6.45) is -2.29. The molecule has 16 heavy (non-hydrogen) atoms. The third-order valence-electron chi connectivity index (χ3n) is 1.29. The first-order valence-electron chi connectivity index (χ1n) is 3.17. The molecule has 0 aromatic carbocycles. The zero-order chi connectivity index (χ0) is 10.6. The second-order valence-electron chi connectivity index (χ2n) is 2.48. The Bertz CT molecular complexity index is 241. The van der Waals surface area contributed by atoms with Gasteiger partial charge in [-0.1, -0.05) is 0 Å². The fourth-order valence-corrected chi connectivity index (χ4v) is 0.714. The fraction of sp³-hybridized carbons (Fsp3) is 0.500. The van der Waals surface area contributed by atoms with Crippen molar-refractivity contribution >= 4 is 89.4 Å². The van der Waals surface area contributed by atoms with Crippen molar-refractivity contribution in [3.63, 3.8) is 0 Å². The number of halogens is 1. The number of hydrogen-bond acceptors (Lipinski definition) is 4. The van der Waals surface area contributed by atoms with Crippen LogP contribution in [-0.2, 0) is 14.4 Å². The Balaban J connectivity index is -0.000000240. The van der Waals surface area contributed by atoms with E-state index in [0.29, 0.717) is 0 Å². The molecule has 0 bridgehead atoms. The maximum absolute atomic E-state index is 10.3. The number of carboxylic acids is 3. The average Bonchev–Trinajstić information content (AvgIpc) is 1.82. The van der Waals surface area contributed by atoms with E-state index in [1.165, 1.54) is 0 Å². The van der Waals surface area contributed by atoms with Gasteiger partial charge in [-0.25, -0.2) is 4.79 Å². The number of aliphatic hydroxyl groups is 1. The maximum atomic E-state index is 10.3. The van der Waals surface area contributed by atoms with E-state index in [2.05, 4.69) is 0 Å². The van der Waals surface area contributed by atoms with Gasteiger partial charge < -0.3 is 20.4 Å². The molecule has 0 heterocycles. The van der Waals surface area contributed by atoms with Gasteiger partial charge in [-0.3, -0.25) is 9.59 Å². The summed E-state index contributed by atoms with van der Waals surface area (Å²) in [6.45, 7) is 0. The molecule has 0 amide bonds. The molecule has 0 aliphatic rings. The Morgan fingerprint density at radius 3 is 1.25 bits per heavy atom. The molecule has 10 heteroatoms. The van der Waals surface area contributed by atoms with Crippen molar-refractivity contribution in [1.29, 1.82) is 0 Å². The van der Waals surface area contributed by atoms with Crippen molar-refractivity contribution in [2.24, 2.45) is 0 Å².